The van der Waals surface area contributed by atoms with Crippen LogP contribution >= 0.6 is 11.6 Å². The number of hydrogen-bond acceptors (Lipinski definition) is 4. The highest BCUT2D eigenvalue weighted by molar-refractivity contribution is 6.31. The first kappa shape index (κ1) is 15.2. The fourth-order valence-corrected chi connectivity index (χ4v) is 2.86. The molecule has 0 bridgehead atoms. The van der Waals surface area contributed by atoms with Crippen molar-refractivity contribution in [1.29, 1.82) is 0 Å². The van der Waals surface area contributed by atoms with E-state index in [0.29, 0.717) is 18.1 Å². The zero-order valence-corrected chi connectivity index (χ0v) is 13.5. The molecule has 22 heavy (non-hydrogen) atoms. The largest absolute Gasteiger partial charge is 0.310 e. The second kappa shape index (κ2) is 6.18. The molecule has 0 aliphatic carbocycles. The minimum absolute atomic E-state index is 0.0146. The van der Waals surface area contributed by atoms with Crippen LogP contribution in [0.25, 0.3) is 0 Å². The van der Waals surface area contributed by atoms with E-state index in [1.54, 1.807) is 12.4 Å². The van der Waals surface area contributed by atoms with E-state index in [1.165, 1.54) is 0 Å². The number of aromatic nitrogens is 3. The highest BCUT2D eigenvalue weighted by atomic mass is 35.5. The van der Waals surface area contributed by atoms with Crippen molar-refractivity contribution in [1.82, 2.24) is 19.9 Å². The Balaban J connectivity index is 1.82. The number of fused-ring (bicyclic) bond motifs is 1. The van der Waals surface area contributed by atoms with Crippen LogP contribution in [0.3, 0.4) is 0 Å². The van der Waals surface area contributed by atoms with Gasteiger partial charge < -0.3 is 4.98 Å². The molecule has 1 aliphatic heterocycles. The molecule has 2 aromatic rings. The van der Waals surface area contributed by atoms with E-state index in [1.807, 2.05) is 19.9 Å². The standard InChI is InChI=1S/C16H19ClN4O/c1-10(2)15-19-14-4-6-21(9-12(14)16(22)20-15)8-11-3-5-18-7-13(11)17/h3,5,7,10H,4,6,8-9H2,1-2H3,(H,19,20,22). The summed E-state index contributed by atoms with van der Waals surface area (Å²) < 4.78 is 0. The zero-order valence-electron chi connectivity index (χ0n) is 12.8. The van der Waals surface area contributed by atoms with Crippen molar-refractivity contribution >= 4 is 11.6 Å². The first-order valence-electron chi connectivity index (χ1n) is 7.47. The van der Waals surface area contributed by atoms with E-state index >= 15 is 0 Å². The van der Waals surface area contributed by atoms with Gasteiger partial charge in [0.2, 0.25) is 0 Å². The highest BCUT2D eigenvalue weighted by Crippen LogP contribution is 2.21. The quantitative estimate of drug-likeness (QED) is 0.944. The summed E-state index contributed by atoms with van der Waals surface area (Å²) in [7, 11) is 0. The summed E-state index contributed by atoms with van der Waals surface area (Å²) in [4.78, 5) is 26.0. The lowest BCUT2D eigenvalue weighted by atomic mass is 10.1. The Hall–Kier alpha value is -1.72. The second-order valence-electron chi connectivity index (χ2n) is 5.96. The fraction of sp³-hybridized carbons (Fsp3) is 0.438. The summed E-state index contributed by atoms with van der Waals surface area (Å²) in [6.45, 7) is 6.26. The third-order valence-corrected chi connectivity index (χ3v) is 4.30. The van der Waals surface area contributed by atoms with E-state index in [0.717, 1.165) is 35.6 Å². The van der Waals surface area contributed by atoms with Crippen LogP contribution in [0, 0.1) is 0 Å². The van der Waals surface area contributed by atoms with Gasteiger partial charge in [-0.3, -0.25) is 14.7 Å². The van der Waals surface area contributed by atoms with Gasteiger partial charge in [-0.05, 0) is 11.6 Å². The van der Waals surface area contributed by atoms with Gasteiger partial charge in [0.05, 0.1) is 16.3 Å². The zero-order chi connectivity index (χ0) is 15.7. The molecule has 1 aliphatic rings. The summed E-state index contributed by atoms with van der Waals surface area (Å²) in [6, 6.07) is 1.92. The molecule has 0 unspecified atom stereocenters. The first-order valence-corrected chi connectivity index (χ1v) is 7.85. The molecule has 0 amide bonds. The van der Waals surface area contributed by atoms with Crippen LogP contribution in [0.4, 0.5) is 0 Å². The van der Waals surface area contributed by atoms with Crippen molar-refractivity contribution < 1.29 is 0 Å². The normalized spacial score (nSPS) is 15.1. The molecule has 0 aromatic carbocycles. The topological polar surface area (TPSA) is 61.9 Å². The smallest absolute Gasteiger partial charge is 0.255 e. The number of H-pyrrole nitrogens is 1. The number of nitrogens with one attached hydrogen (secondary N) is 1. The lowest BCUT2D eigenvalue weighted by molar-refractivity contribution is 0.241. The number of nitrogens with zero attached hydrogens (tertiary/aromatic N) is 3. The van der Waals surface area contributed by atoms with Gasteiger partial charge in [-0.1, -0.05) is 25.4 Å². The maximum atomic E-state index is 12.3. The van der Waals surface area contributed by atoms with Gasteiger partial charge in [0.15, 0.2) is 0 Å². The monoisotopic (exact) mass is 318 g/mol. The molecule has 2 aromatic heterocycles. The van der Waals surface area contributed by atoms with E-state index in [4.69, 9.17) is 11.6 Å². The summed E-state index contributed by atoms with van der Waals surface area (Å²) in [6.07, 6.45) is 4.18. The lowest BCUT2D eigenvalue weighted by Gasteiger charge is -2.28. The minimum Gasteiger partial charge on any atom is -0.310 e. The number of rotatable bonds is 3. The molecular weight excluding hydrogens is 300 g/mol. The van der Waals surface area contributed by atoms with Gasteiger partial charge in [0.1, 0.15) is 5.82 Å². The predicted octanol–water partition coefficient (Wildman–Crippen LogP) is 2.50. The van der Waals surface area contributed by atoms with Crippen molar-refractivity contribution in [3.8, 4) is 0 Å². The Morgan fingerprint density at radius 2 is 2.27 bits per heavy atom. The highest BCUT2D eigenvalue weighted by Gasteiger charge is 2.22. The van der Waals surface area contributed by atoms with Crippen LogP contribution < -0.4 is 5.56 Å². The van der Waals surface area contributed by atoms with Crippen LogP contribution in [0.5, 0.6) is 0 Å². The van der Waals surface area contributed by atoms with Crippen LogP contribution in [0.1, 0.15) is 42.4 Å². The molecule has 116 valence electrons. The Bertz CT molecular complexity index is 741. The second-order valence-corrected chi connectivity index (χ2v) is 6.37. The summed E-state index contributed by atoms with van der Waals surface area (Å²) >= 11 is 6.16. The minimum atomic E-state index is -0.0146. The molecule has 0 saturated carbocycles. The van der Waals surface area contributed by atoms with Crippen LogP contribution in [-0.4, -0.2) is 26.4 Å². The van der Waals surface area contributed by atoms with Crippen LogP contribution in [0.2, 0.25) is 5.02 Å². The molecule has 3 heterocycles. The van der Waals surface area contributed by atoms with Crippen LogP contribution in [0.15, 0.2) is 23.3 Å². The maximum absolute atomic E-state index is 12.3. The summed E-state index contributed by atoms with van der Waals surface area (Å²) in [5.41, 5.74) is 2.73. The molecule has 6 heteroatoms. The molecule has 0 atom stereocenters. The number of halogens is 1. The molecule has 3 rings (SSSR count). The van der Waals surface area contributed by atoms with Gasteiger partial charge >= 0.3 is 0 Å². The molecule has 1 N–H and O–H groups in total. The van der Waals surface area contributed by atoms with Gasteiger partial charge in [-0.25, -0.2) is 4.98 Å². The third kappa shape index (κ3) is 3.05. The predicted molar refractivity (Wildman–Crippen MR) is 86.0 cm³/mol. The fourth-order valence-electron chi connectivity index (χ4n) is 2.68. The Labute approximate surface area is 134 Å². The third-order valence-electron chi connectivity index (χ3n) is 3.96. The number of pyridine rings is 1. The molecule has 0 saturated heterocycles. The Kier molecular flexibility index (Phi) is 4.27. The van der Waals surface area contributed by atoms with Crippen molar-refractivity contribution in [2.24, 2.45) is 0 Å². The van der Waals surface area contributed by atoms with E-state index in [2.05, 4.69) is 19.9 Å². The van der Waals surface area contributed by atoms with Crippen LogP contribution in [-0.2, 0) is 19.5 Å². The van der Waals surface area contributed by atoms with Crippen molar-refractivity contribution in [2.45, 2.75) is 39.3 Å². The van der Waals surface area contributed by atoms with E-state index in [-0.39, 0.29) is 11.5 Å². The average molecular weight is 319 g/mol. The Morgan fingerprint density at radius 1 is 1.45 bits per heavy atom. The molecule has 0 fully saturated rings. The molecular formula is C16H19ClN4O. The number of hydrogen-bond donors (Lipinski definition) is 1. The average Bonchev–Trinajstić information content (AvgIpc) is 2.50. The lowest BCUT2D eigenvalue weighted by Crippen LogP contribution is -2.36. The summed E-state index contributed by atoms with van der Waals surface area (Å²) in [5.74, 6) is 1.00. The van der Waals surface area contributed by atoms with Gasteiger partial charge in [-0.2, -0.15) is 0 Å². The maximum Gasteiger partial charge on any atom is 0.255 e. The SMILES string of the molecule is CC(C)c1nc2c(c(=O)[nH]1)CN(Cc1ccncc1Cl)CC2. The van der Waals surface area contributed by atoms with Crippen molar-refractivity contribution in [3.05, 3.63) is 56.5 Å². The van der Waals surface area contributed by atoms with Gasteiger partial charge in [-0.15, -0.1) is 0 Å². The molecule has 0 spiro atoms. The molecule has 5 nitrogen and oxygen atoms in total. The first-order chi connectivity index (χ1) is 10.5. The summed E-state index contributed by atoms with van der Waals surface area (Å²) in [5, 5.41) is 0.662. The van der Waals surface area contributed by atoms with Gasteiger partial charge in [0, 0.05) is 44.4 Å². The van der Waals surface area contributed by atoms with E-state index < -0.39 is 0 Å². The van der Waals surface area contributed by atoms with Gasteiger partial charge in [0.25, 0.3) is 5.56 Å². The van der Waals surface area contributed by atoms with Crippen molar-refractivity contribution in [3.63, 3.8) is 0 Å². The van der Waals surface area contributed by atoms with Crippen molar-refractivity contribution in [2.75, 3.05) is 6.54 Å². The van der Waals surface area contributed by atoms with E-state index in [9.17, 15) is 4.79 Å². The Morgan fingerprint density at radius 3 is 3.00 bits per heavy atom. The molecule has 0 radical (unpaired) electrons. The number of aromatic amines is 1.